The van der Waals surface area contributed by atoms with E-state index in [0.29, 0.717) is 22.9 Å². The van der Waals surface area contributed by atoms with Crippen molar-refractivity contribution in [2.75, 3.05) is 0 Å². The van der Waals surface area contributed by atoms with Gasteiger partial charge in [-0.3, -0.25) is 4.79 Å². The van der Waals surface area contributed by atoms with Gasteiger partial charge in [0.2, 0.25) is 0 Å². The highest BCUT2D eigenvalue weighted by Crippen LogP contribution is 2.39. The molecule has 2 rings (SSSR count). The topological polar surface area (TPSA) is 40.9 Å². The molecule has 0 spiro atoms. The number of carbonyl (C=O) groups is 1. The van der Waals surface area contributed by atoms with E-state index in [2.05, 4.69) is 6.07 Å². The summed E-state index contributed by atoms with van der Waals surface area (Å²) in [6, 6.07) is 7.45. The number of ketones is 1. The van der Waals surface area contributed by atoms with Gasteiger partial charge >= 0.3 is 0 Å². The third-order valence-electron chi connectivity index (χ3n) is 3.24. The fourth-order valence-electron chi connectivity index (χ4n) is 2.30. The average molecular weight is 268 g/mol. The summed E-state index contributed by atoms with van der Waals surface area (Å²) >= 11 is 11.8. The summed E-state index contributed by atoms with van der Waals surface area (Å²) in [6.45, 7) is 0. The number of carbonyl (C=O) groups excluding carboxylic acids is 1. The molecule has 4 heteroatoms. The zero-order valence-electron chi connectivity index (χ0n) is 9.17. The third kappa shape index (κ3) is 2.31. The van der Waals surface area contributed by atoms with Crippen LogP contribution in [0.15, 0.2) is 18.2 Å². The quantitative estimate of drug-likeness (QED) is 0.775. The van der Waals surface area contributed by atoms with Crippen molar-refractivity contribution in [3.8, 4) is 6.07 Å². The predicted molar refractivity (Wildman–Crippen MR) is 67.2 cm³/mol. The molecule has 1 fully saturated rings. The van der Waals surface area contributed by atoms with Gasteiger partial charge in [0.25, 0.3) is 0 Å². The van der Waals surface area contributed by atoms with Crippen LogP contribution in [0.5, 0.6) is 0 Å². The van der Waals surface area contributed by atoms with Gasteiger partial charge in [-0.2, -0.15) is 5.26 Å². The Bertz CT molecular complexity index is 507. The van der Waals surface area contributed by atoms with Crippen molar-refractivity contribution in [3.05, 3.63) is 33.8 Å². The number of hydrogen-bond acceptors (Lipinski definition) is 2. The summed E-state index contributed by atoms with van der Waals surface area (Å²) in [7, 11) is 0. The molecule has 0 saturated heterocycles. The third-order valence-corrected chi connectivity index (χ3v) is 3.98. The van der Waals surface area contributed by atoms with Crippen LogP contribution in [0.1, 0.15) is 31.2 Å². The van der Waals surface area contributed by atoms with Crippen LogP contribution < -0.4 is 0 Å². The van der Waals surface area contributed by atoms with Crippen LogP contribution in [-0.4, -0.2) is 5.78 Å². The van der Waals surface area contributed by atoms with Gasteiger partial charge in [-0.25, -0.2) is 0 Å². The minimum absolute atomic E-state index is 0.142. The lowest BCUT2D eigenvalue weighted by Crippen LogP contribution is -2.31. The highest BCUT2D eigenvalue weighted by atomic mass is 35.5. The zero-order chi connectivity index (χ0) is 12.5. The molecular formula is C13H11Cl2NO. The normalized spacial score (nSPS) is 24.4. The number of rotatable bonds is 1. The largest absolute Gasteiger partial charge is 0.300 e. The fraction of sp³-hybridized carbons (Fsp3) is 0.385. The van der Waals surface area contributed by atoms with Gasteiger partial charge in [0.15, 0.2) is 0 Å². The minimum Gasteiger partial charge on any atom is -0.300 e. The van der Waals surface area contributed by atoms with Gasteiger partial charge in [0, 0.05) is 12.8 Å². The van der Waals surface area contributed by atoms with Crippen LogP contribution in [0.4, 0.5) is 0 Å². The van der Waals surface area contributed by atoms with E-state index >= 15 is 0 Å². The van der Waals surface area contributed by atoms with E-state index in [1.165, 1.54) is 0 Å². The molecule has 2 nitrogen and oxygen atoms in total. The van der Waals surface area contributed by atoms with Crippen LogP contribution in [0.3, 0.4) is 0 Å². The molecule has 1 saturated carbocycles. The van der Waals surface area contributed by atoms with Crippen molar-refractivity contribution in [1.29, 1.82) is 5.26 Å². The maximum atomic E-state index is 11.6. The van der Waals surface area contributed by atoms with Gasteiger partial charge in [-0.05, 0) is 30.5 Å². The Labute approximate surface area is 110 Å². The molecule has 1 aliphatic carbocycles. The number of halogens is 2. The van der Waals surface area contributed by atoms with Crippen LogP contribution in [0.2, 0.25) is 10.0 Å². The van der Waals surface area contributed by atoms with E-state index in [1.54, 1.807) is 18.2 Å². The summed E-state index contributed by atoms with van der Waals surface area (Å²) in [4.78, 5) is 11.6. The molecule has 0 aliphatic heterocycles. The monoisotopic (exact) mass is 267 g/mol. The Morgan fingerprint density at radius 2 is 2.06 bits per heavy atom. The van der Waals surface area contributed by atoms with Gasteiger partial charge in [0.05, 0.1) is 21.5 Å². The molecule has 0 radical (unpaired) electrons. The molecule has 0 amide bonds. The highest BCUT2D eigenvalue weighted by Gasteiger charge is 2.37. The Morgan fingerprint density at radius 3 is 2.65 bits per heavy atom. The molecular weight excluding hydrogens is 257 g/mol. The molecule has 1 aliphatic rings. The van der Waals surface area contributed by atoms with Crippen molar-refractivity contribution in [3.63, 3.8) is 0 Å². The van der Waals surface area contributed by atoms with Crippen molar-refractivity contribution in [1.82, 2.24) is 0 Å². The molecule has 88 valence electrons. The Balaban J connectivity index is 2.44. The lowest BCUT2D eigenvalue weighted by Gasteiger charge is -2.30. The molecule has 1 unspecified atom stereocenters. The maximum absolute atomic E-state index is 11.6. The molecule has 1 atom stereocenters. The van der Waals surface area contributed by atoms with E-state index in [0.717, 1.165) is 12.0 Å². The van der Waals surface area contributed by atoms with Gasteiger partial charge in [0.1, 0.15) is 5.78 Å². The van der Waals surface area contributed by atoms with E-state index in [4.69, 9.17) is 23.2 Å². The SMILES string of the molecule is N#CC1(c2ccc(Cl)c(Cl)c2)CCCC(=O)C1. The first-order valence-corrected chi connectivity index (χ1v) is 6.21. The highest BCUT2D eigenvalue weighted by molar-refractivity contribution is 6.42. The summed E-state index contributed by atoms with van der Waals surface area (Å²) in [5.41, 5.74) is 0.0752. The second-order valence-corrected chi connectivity index (χ2v) is 5.21. The first-order chi connectivity index (χ1) is 8.07. The number of nitriles is 1. The van der Waals surface area contributed by atoms with E-state index in [9.17, 15) is 10.1 Å². The first kappa shape index (κ1) is 12.4. The molecule has 1 aromatic carbocycles. The Morgan fingerprint density at radius 1 is 1.29 bits per heavy atom. The van der Waals surface area contributed by atoms with E-state index in [1.807, 2.05) is 0 Å². The van der Waals surface area contributed by atoms with Crippen molar-refractivity contribution in [2.24, 2.45) is 0 Å². The van der Waals surface area contributed by atoms with Crippen LogP contribution in [0.25, 0.3) is 0 Å². The van der Waals surface area contributed by atoms with Crippen molar-refractivity contribution >= 4 is 29.0 Å². The predicted octanol–water partition coefficient (Wildman–Crippen LogP) is 3.90. The number of hydrogen-bond donors (Lipinski definition) is 0. The molecule has 0 N–H and O–H groups in total. The first-order valence-electron chi connectivity index (χ1n) is 5.46. The second kappa shape index (κ2) is 4.68. The summed E-state index contributed by atoms with van der Waals surface area (Å²) in [5, 5.41) is 10.3. The lowest BCUT2D eigenvalue weighted by molar-refractivity contribution is -0.121. The molecule has 0 heterocycles. The van der Waals surface area contributed by atoms with Crippen LogP contribution in [-0.2, 0) is 10.2 Å². The summed E-state index contributed by atoms with van der Waals surface area (Å²) in [5.74, 6) is 0.142. The van der Waals surface area contributed by atoms with Gasteiger partial charge < -0.3 is 0 Å². The molecule has 17 heavy (non-hydrogen) atoms. The fourth-order valence-corrected chi connectivity index (χ4v) is 2.60. The lowest BCUT2D eigenvalue weighted by atomic mass is 9.70. The second-order valence-electron chi connectivity index (χ2n) is 4.39. The molecule has 0 bridgehead atoms. The van der Waals surface area contributed by atoms with Gasteiger partial charge in [-0.1, -0.05) is 29.3 Å². The van der Waals surface area contributed by atoms with Crippen molar-refractivity contribution < 1.29 is 4.79 Å². The molecule has 0 aromatic heterocycles. The van der Waals surface area contributed by atoms with E-state index in [-0.39, 0.29) is 12.2 Å². The van der Waals surface area contributed by atoms with Crippen molar-refractivity contribution in [2.45, 2.75) is 31.1 Å². The number of benzene rings is 1. The summed E-state index contributed by atoms with van der Waals surface area (Å²) < 4.78 is 0. The summed E-state index contributed by atoms with van der Waals surface area (Å²) in [6.07, 6.45) is 2.31. The average Bonchev–Trinajstić information content (AvgIpc) is 2.32. The standard InChI is InChI=1S/C13H11Cl2NO/c14-11-4-3-9(6-12(11)15)13(8-16)5-1-2-10(17)7-13/h3-4,6H,1-2,5,7H2. The van der Waals surface area contributed by atoms with Gasteiger partial charge in [-0.15, -0.1) is 0 Å². The number of Topliss-reactive ketones (excluding diaryl/α,β-unsaturated/α-hetero) is 1. The zero-order valence-corrected chi connectivity index (χ0v) is 10.7. The smallest absolute Gasteiger partial charge is 0.134 e. The maximum Gasteiger partial charge on any atom is 0.134 e. The number of nitrogens with zero attached hydrogens (tertiary/aromatic N) is 1. The van der Waals surface area contributed by atoms with Crippen LogP contribution >= 0.6 is 23.2 Å². The minimum atomic E-state index is -0.719. The Hall–Kier alpha value is -1.04. The van der Waals surface area contributed by atoms with E-state index < -0.39 is 5.41 Å². The Kier molecular flexibility index (Phi) is 3.42. The molecule has 1 aromatic rings. The van der Waals surface area contributed by atoms with Crippen LogP contribution in [0, 0.1) is 11.3 Å².